The molecule has 1 aromatic heterocycles. The maximum atomic E-state index is 13.9. The van der Waals surface area contributed by atoms with Crippen LogP contribution in [0.25, 0.3) is 22.0 Å². The van der Waals surface area contributed by atoms with Crippen LogP contribution >= 0.6 is 0 Å². The van der Waals surface area contributed by atoms with E-state index in [2.05, 4.69) is 10.3 Å². The molecule has 42 heavy (non-hydrogen) atoms. The Kier molecular flexibility index (Phi) is 8.53. The molecule has 4 aromatic rings. The number of aromatic carboxylic acids is 1. The molecule has 0 spiro atoms. The van der Waals surface area contributed by atoms with Gasteiger partial charge in [0.15, 0.2) is 0 Å². The van der Waals surface area contributed by atoms with Gasteiger partial charge < -0.3 is 20.1 Å². The van der Waals surface area contributed by atoms with Crippen LogP contribution in [-0.2, 0) is 14.8 Å². The number of pyridine rings is 1. The highest BCUT2D eigenvalue weighted by molar-refractivity contribution is 7.89. The Morgan fingerprint density at radius 3 is 2.31 bits per heavy atom. The molecule has 1 amide bonds. The number of anilines is 2. The van der Waals surface area contributed by atoms with Crippen LogP contribution in [0.15, 0.2) is 77.8 Å². The molecule has 0 bridgehead atoms. The van der Waals surface area contributed by atoms with Crippen molar-refractivity contribution >= 4 is 44.2 Å². The second-order valence-corrected chi connectivity index (χ2v) is 11.7. The number of para-hydroxylation sites is 1. The van der Waals surface area contributed by atoms with Crippen molar-refractivity contribution in [2.45, 2.75) is 18.7 Å². The standard InChI is InChI=1S/C31H32N4O6S/c1-3-34(4-2)30(36)22-11-9-21(10-12-22)23-13-14-26-25(19-23)29(33-27-8-6-5-7-24(27)31(37)38)28(20-32-26)42(39,40)35-15-17-41-18-16-35/h5-14,19-20H,3-4,15-18H2,1-2H3,(H,32,33)(H,37,38). The van der Waals surface area contributed by atoms with Crippen LogP contribution < -0.4 is 5.32 Å². The number of fused-ring (bicyclic) bond motifs is 1. The van der Waals surface area contributed by atoms with E-state index in [1.54, 1.807) is 41.3 Å². The van der Waals surface area contributed by atoms with Crippen LogP contribution in [0, 0.1) is 0 Å². The van der Waals surface area contributed by atoms with Crippen molar-refractivity contribution in [3.05, 3.63) is 84.1 Å². The van der Waals surface area contributed by atoms with E-state index >= 15 is 0 Å². The Balaban J connectivity index is 1.64. The molecule has 11 heteroatoms. The highest BCUT2D eigenvalue weighted by Crippen LogP contribution is 2.37. The number of sulfonamides is 1. The predicted molar refractivity (Wildman–Crippen MR) is 161 cm³/mol. The number of hydrogen-bond acceptors (Lipinski definition) is 7. The lowest BCUT2D eigenvalue weighted by molar-refractivity contribution is 0.0697. The Bertz CT molecular complexity index is 1730. The van der Waals surface area contributed by atoms with E-state index in [-0.39, 0.29) is 54.0 Å². The number of carbonyl (C=O) groups is 2. The van der Waals surface area contributed by atoms with E-state index in [9.17, 15) is 23.1 Å². The topological polar surface area (TPSA) is 129 Å². The quantitative estimate of drug-likeness (QED) is 0.284. The number of carbonyl (C=O) groups excluding carboxylic acids is 1. The van der Waals surface area contributed by atoms with Crippen molar-refractivity contribution in [1.82, 2.24) is 14.2 Å². The number of nitrogens with one attached hydrogen (secondary N) is 1. The third kappa shape index (κ3) is 5.71. The number of carboxylic acid groups (broad SMARTS) is 1. The molecule has 3 aromatic carbocycles. The first-order valence-corrected chi connectivity index (χ1v) is 15.2. The Morgan fingerprint density at radius 2 is 1.64 bits per heavy atom. The summed E-state index contributed by atoms with van der Waals surface area (Å²) in [7, 11) is -4.00. The molecule has 0 atom stereocenters. The molecule has 0 saturated carbocycles. The summed E-state index contributed by atoms with van der Waals surface area (Å²) in [4.78, 5) is 30.9. The zero-order chi connectivity index (χ0) is 29.9. The van der Waals surface area contributed by atoms with Gasteiger partial charge in [0.1, 0.15) is 4.90 Å². The van der Waals surface area contributed by atoms with Gasteiger partial charge in [0.2, 0.25) is 10.0 Å². The van der Waals surface area contributed by atoms with Crippen LogP contribution in [0.4, 0.5) is 11.4 Å². The molecule has 0 unspecified atom stereocenters. The third-order valence-electron chi connectivity index (χ3n) is 7.35. The molecule has 5 rings (SSSR count). The van der Waals surface area contributed by atoms with Gasteiger partial charge in [-0.3, -0.25) is 9.78 Å². The minimum absolute atomic E-state index is 0.00166. The molecular formula is C31H32N4O6S. The summed E-state index contributed by atoms with van der Waals surface area (Å²) >= 11 is 0. The van der Waals surface area contributed by atoms with Crippen molar-refractivity contribution in [3.63, 3.8) is 0 Å². The molecule has 0 aliphatic carbocycles. The summed E-state index contributed by atoms with van der Waals surface area (Å²) in [5, 5.41) is 13.4. The fourth-order valence-corrected chi connectivity index (χ4v) is 6.53. The maximum absolute atomic E-state index is 13.9. The van der Waals surface area contributed by atoms with E-state index in [1.165, 1.54) is 16.6 Å². The predicted octanol–water partition coefficient (Wildman–Crippen LogP) is 4.85. The molecule has 1 aliphatic rings. The third-order valence-corrected chi connectivity index (χ3v) is 9.26. The smallest absolute Gasteiger partial charge is 0.337 e. The van der Waals surface area contributed by atoms with Crippen LogP contribution in [0.5, 0.6) is 0 Å². The molecule has 2 N–H and O–H groups in total. The monoisotopic (exact) mass is 588 g/mol. The van der Waals surface area contributed by atoms with Crippen molar-refractivity contribution in [2.75, 3.05) is 44.7 Å². The normalized spacial score (nSPS) is 14.0. The lowest BCUT2D eigenvalue weighted by Crippen LogP contribution is -2.40. The number of hydrogen-bond donors (Lipinski definition) is 2. The number of amides is 1. The first kappa shape index (κ1) is 29.2. The van der Waals surface area contributed by atoms with Gasteiger partial charge in [-0.25, -0.2) is 13.2 Å². The van der Waals surface area contributed by atoms with Gasteiger partial charge in [-0.05, 0) is 61.4 Å². The van der Waals surface area contributed by atoms with E-state index in [0.29, 0.717) is 29.6 Å². The first-order valence-electron chi connectivity index (χ1n) is 13.7. The highest BCUT2D eigenvalue weighted by atomic mass is 32.2. The molecule has 10 nitrogen and oxygen atoms in total. The number of carboxylic acids is 1. The largest absolute Gasteiger partial charge is 0.478 e. The Labute approximate surface area is 244 Å². The van der Waals surface area contributed by atoms with Gasteiger partial charge in [-0.1, -0.05) is 30.3 Å². The Hall–Kier alpha value is -4.32. The van der Waals surface area contributed by atoms with Crippen LogP contribution in [-0.4, -0.2) is 79.0 Å². The summed E-state index contributed by atoms with van der Waals surface area (Å²) in [5.41, 5.74) is 3.20. The zero-order valence-electron chi connectivity index (χ0n) is 23.4. The fourth-order valence-electron chi connectivity index (χ4n) is 5.02. The van der Waals surface area contributed by atoms with Gasteiger partial charge in [-0.15, -0.1) is 0 Å². The molecular weight excluding hydrogens is 556 g/mol. The molecule has 1 fully saturated rings. The highest BCUT2D eigenvalue weighted by Gasteiger charge is 2.30. The van der Waals surface area contributed by atoms with Crippen LogP contribution in [0.1, 0.15) is 34.6 Å². The number of benzene rings is 3. The summed E-state index contributed by atoms with van der Waals surface area (Å²) < 4.78 is 34.4. The molecule has 0 radical (unpaired) electrons. The second-order valence-electron chi connectivity index (χ2n) is 9.78. The van der Waals surface area contributed by atoms with Crippen molar-refractivity contribution < 1.29 is 27.9 Å². The lowest BCUT2D eigenvalue weighted by atomic mass is 10.0. The van der Waals surface area contributed by atoms with E-state index in [1.807, 2.05) is 38.1 Å². The van der Waals surface area contributed by atoms with Gasteiger partial charge in [0.05, 0.1) is 35.7 Å². The molecule has 218 valence electrons. The minimum Gasteiger partial charge on any atom is -0.478 e. The van der Waals surface area contributed by atoms with Crippen molar-refractivity contribution in [3.8, 4) is 11.1 Å². The van der Waals surface area contributed by atoms with Crippen molar-refractivity contribution in [1.29, 1.82) is 0 Å². The molecule has 1 aliphatic heterocycles. The SMILES string of the molecule is CCN(CC)C(=O)c1ccc(-c2ccc3ncc(S(=O)(=O)N4CCOCC4)c(Nc4ccccc4C(=O)O)c3c2)cc1. The lowest BCUT2D eigenvalue weighted by Gasteiger charge is -2.27. The second kappa shape index (κ2) is 12.3. The molecule has 2 heterocycles. The van der Waals surface area contributed by atoms with Crippen LogP contribution in [0.3, 0.4) is 0 Å². The van der Waals surface area contributed by atoms with E-state index in [0.717, 1.165) is 11.1 Å². The minimum atomic E-state index is -4.00. The van der Waals surface area contributed by atoms with Gasteiger partial charge in [0.25, 0.3) is 5.91 Å². The van der Waals surface area contributed by atoms with Gasteiger partial charge >= 0.3 is 5.97 Å². The van der Waals surface area contributed by atoms with Gasteiger partial charge in [-0.2, -0.15) is 4.31 Å². The maximum Gasteiger partial charge on any atom is 0.337 e. The molecule has 1 saturated heterocycles. The van der Waals surface area contributed by atoms with Crippen molar-refractivity contribution in [2.24, 2.45) is 0 Å². The average molecular weight is 589 g/mol. The Morgan fingerprint density at radius 1 is 0.976 bits per heavy atom. The van der Waals surface area contributed by atoms with E-state index < -0.39 is 16.0 Å². The zero-order valence-corrected chi connectivity index (χ0v) is 24.2. The number of aromatic nitrogens is 1. The van der Waals surface area contributed by atoms with Gasteiger partial charge in [0, 0.05) is 43.3 Å². The number of nitrogens with zero attached hydrogens (tertiary/aromatic N) is 3. The average Bonchev–Trinajstić information content (AvgIpc) is 3.02. The summed E-state index contributed by atoms with van der Waals surface area (Å²) in [6, 6.07) is 19.1. The summed E-state index contributed by atoms with van der Waals surface area (Å²) in [5.74, 6) is -1.19. The summed E-state index contributed by atoms with van der Waals surface area (Å²) in [6.07, 6.45) is 1.31. The number of rotatable bonds is 9. The fraction of sp³-hybridized carbons (Fsp3) is 0.258. The number of ether oxygens (including phenoxy) is 1. The first-order chi connectivity index (χ1) is 20.2. The number of morpholine rings is 1. The summed E-state index contributed by atoms with van der Waals surface area (Å²) in [6.45, 7) is 6.06. The van der Waals surface area contributed by atoms with Crippen LogP contribution in [0.2, 0.25) is 0 Å². The van der Waals surface area contributed by atoms with E-state index in [4.69, 9.17) is 4.74 Å².